The Balaban J connectivity index is 2.47. The number of hydrogen-bond donors (Lipinski definition) is 1. The van der Waals surface area contributed by atoms with Gasteiger partial charge < -0.3 is 10.1 Å². The molecule has 21 heavy (non-hydrogen) atoms. The monoisotopic (exact) mass is 311 g/mol. The van der Waals surface area contributed by atoms with Crippen molar-refractivity contribution in [2.75, 3.05) is 11.8 Å². The largest absolute Gasteiger partial charge is 0.449 e. The van der Waals surface area contributed by atoms with Crippen molar-refractivity contribution in [3.8, 4) is 0 Å². The van der Waals surface area contributed by atoms with Crippen LogP contribution in [0.5, 0.6) is 0 Å². The van der Waals surface area contributed by atoms with E-state index in [0.29, 0.717) is 0 Å². The summed E-state index contributed by atoms with van der Waals surface area (Å²) in [5.41, 5.74) is -3.23. The number of ether oxygens (including phenoxy) is 1. The number of benzene rings is 2. The maximum absolute atomic E-state index is 8.43. The standard InChI is InChI=1S/C17H17ClN2O/c1-3-19-16-20-15-10-9-13(18)11-14(15)17(2,21-16)12-7-5-4-6-8-12/h4-11H,3H2,1-2H3,(H,19,20)/i1D3,2D3,3D2,9D,10D,11D. The Bertz CT molecular complexity index is 1080. The van der Waals surface area contributed by atoms with Gasteiger partial charge in [0.1, 0.15) is 0 Å². The van der Waals surface area contributed by atoms with Gasteiger partial charge in [-0.2, -0.15) is 0 Å². The van der Waals surface area contributed by atoms with Crippen molar-refractivity contribution >= 4 is 23.3 Å². The Morgan fingerprint density at radius 1 is 1.43 bits per heavy atom. The molecule has 108 valence electrons. The van der Waals surface area contributed by atoms with Gasteiger partial charge in [0.2, 0.25) is 0 Å². The van der Waals surface area contributed by atoms with Crippen molar-refractivity contribution in [2.45, 2.75) is 19.3 Å². The minimum absolute atomic E-state index is 0.00610. The highest BCUT2D eigenvalue weighted by atomic mass is 35.5. The Kier molecular flexibility index (Phi) is 1.55. The second kappa shape index (κ2) is 5.41. The fourth-order valence-corrected chi connectivity index (χ4v) is 2.19. The molecular formula is C17H17ClN2O. The molecule has 0 aromatic heterocycles. The van der Waals surface area contributed by atoms with Gasteiger partial charge in [-0.3, -0.25) is 0 Å². The first kappa shape index (κ1) is 6.01. The highest BCUT2D eigenvalue weighted by molar-refractivity contribution is 6.30. The van der Waals surface area contributed by atoms with Gasteiger partial charge in [0.15, 0.2) is 5.60 Å². The molecule has 3 nitrogen and oxygen atoms in total. The molecule has 1 unspecified atom stereocenters. The predicted molar refractivity (Wildman–Crippen MR) is 87.0 cm³/mol. The van der Waals surface area contributed by atoms with Crippen LogP contribution in [0.2, 0.25) is 5.02 Å². The van der Waals surface area contributed by atoms with Gasteiger partial charge in [-0.15, -0.1) is 0 Å². The van der Waals surface area contributed by atoms with Crippen LogP contribution in [-0.2, 0) is 10.3 Å². The summed E-state index contributed by atoms with van der Waals surface area (Å²) in [4.78, 5) is 3.46. The van der Waals surface area contributed by atoms with Crippen LogP contribution in [0, 0.1) is 0 Å². The molecule has 2 aromatic rings. The molecule has 0 bridgehead atoms. The third kappa shape index (κ3) is 2.49. The normalized spacial score (nSPS) is 31.9. The zero-order valence-corrected chi connectivity index (χ0v) is 11.4. The van der Waals surface area contributed by atoms with Gasteiger partial charge >= 0.3 is 0 Å². The fraction of sp³-hybridized carbons (Fsp3) is 0.235. The molecule has 0 amide bonds. The number of anilines is 1. The topological polar surface area (TPSA) is 33.6 Å². The lowest BCUT2D eigenvalue weighted by molar-refractivity contribution is 0.112. The fourth-order valence-electron chi connectivity index (χ4n) is 2.05. The van der Waals surface area contributed by atoms with Gasteiger partial charge in [0.05, 0.1) is 6.85 Å². The summed E-state index contributed by atoms with van der Waals surface area (Å²) in [7, 11) is 0. The molecule has 0 aliphatic carbocycles. The highest BCUT2D eigenvalue weighted by Gasteiger charge is 2.38. The molecule has 0 fully saturated rings. The minimum Gasteiger partial charge on any atom is -0.449 e. The van der Waals surface area contributed by atoms with E-state index < -0.39 is 55.0 Å². The molecule has 0 spiro atoms. The number of hydrogen-bond acceptors (Lipinski definition) is 2. The summed E-state index contributed by atoms with van der Waals surface area (Å²) in [6, 6.07) is 4.86. The Hall–Kier alpha value is -2.00. The number of rotatable bonds is 2. The zero-order valence-electron chi connectivity index (χ0n) is 21.6. The predicted octanol–water partition coefficient (Wildman–Crippen LogP) is 4.42. The average molecular weight is 312 g/mol. The summed E-state index contributed by atoms with van der Waals surface area (Å²) in [6.45, 7) is -9.45. The summed E-state index contributed by atoms with van der Waals surface area (Å²) >= 11 is 6.06. The van der Waals surface area contributed by atoms with Crippen LogP contribution >= 0.6 is 11.6 Å². The lowest BCUT2D eigenvalue weighted by atomic mass is 9.86. The molecule has 0 radical (unpaired) electrons. The highest BCUT2D eigenvalue weighted by Crippen LogP contribution is 2.41. The van der Waals surface area contributed by atoms with E-state index in [9.17, 15) is 0 Å². The third-order valence-corrected chi connectivity index (χ3v) is 3.14. The molecule has 3 rings (SSSR count). The lowest BCUT2D eigenvalue weighted by Crippen LogP contribution is -2.39. The third-order valence-electron chi connectivity index (χ3n) is 2.95. The second-order valence-electron chi connectivity index (χ2n) is 4.24. The Morgan fingerprint density at radius 2 is 2.29 bits per heavy atom. The number of nitrogens with zero attached hydrogens (tertiary/aromatic N) is 1. The summed E-state index contributed by atoms with van der Waals surface area (Å²) in [6.07, 6.45) is 0. The first-order chi connectivity index (χ1) is 14.5. The molecule has 0 saturated carbocycles. The number of amidine groups is 1. The van der Waals surface area contributed by atoms with E-state index in [1.54, 1.807) is 6.07 Å². The maximum atomic E-state index is 8.43. The lowest BCUT2D eigenvalue weighted by Gasteiger charge is -2.38. The Morgan fingerprint density at radius 3 is 3.05 bits per heavy atom. The number of nitrogens with one attached hydrogen (secondary N) is 1. The van der Waals surface area contributed by atoms with E-state index in [2.05, 4.69) is 10.3 Å². The number of fused-ring (bicyclic) bond motifs is 1. The van der Waals surface area contributed by atoms with Crippen LogP contribution < -0.4 is 5.32 Å². The smallest absolute Gasteiger partial charge is 0.290 e. The van der Waals surface area contributed by atoms with E-state index in [1.165, 1.54) is 24.3 Å². The Labute approximate surface area is 145 Å². The van der Waals surface area contributed by atoms with Crippen LogP contribution in [0.15, 0.2) is 53.5 Å². The quantitative estimate of drug-likeness (QED) is 0.890. The SMILES string of the molecule is [2H]c1c([2H])c2c(c([2H])c1Cl)C(c1ccccc1)(C([2H])([2H])[2H])OC(=NC([2H])([2H])C([2H])([2H])[2H])N2. The van der Waals surface area contributed by atoms with E-state index in [0.717, 1.165) is 0 Å². The van der Waals surface area contributed by atoms with Crippen molar-refractivity contribution in [1.29, 1.82) is 0 Å². The summed E-state index contributed by atoms with van der Waals surface area (Å²) in [5, 5.41) is 1.93. The van der Waals surface area contributed by atoms with Gasteiger partial charge in [-0.05, 0) is 37.4 Å². The van der Waals surface area contributed by atoms with Crippen LogP contribution in [0.3, 0.4) is 0 Å². The molecule has 4 heteroatoms. The van der Waals surface area contributed by atoms with Gasteiger partial charge in [-0.1, -0.05) is 41.9 Å². The maximum Gasteiger partial charge on any atom is 0.290 e. The molecule has 0 saturated heterocycles. The van der Waals surface area contributed by atoms with Crippen LogP contribution in [0.4, 0.5) is 5.69 Å². The minimum atomic E-state index is -3.22. The summed E-state index contributed by atoms with van der Waals surface area (Å²) in [5.74, 6) is 0. The molecule has 1 aliphatic rings. The molecular weight excluding hydrogens is 284 g/mol. The van der Waals surface area contributed by atoms with Crippen molar-refractivity contribution in [3.05, 3.63) is 64.6 Å². The number of halogens is 1. The molecule has 1 aliphatic heterocycles. The van der Waals surface area contributed by atoms with E-state index in [1.807, 2.05) is 0 Å². The van der Waals surface area contributed by atoms with Gasteiger partial charge in [-0.25, -0.2) is 4.99 Å². The van der Waals surface area contributed by atoms with E-state index >= 15 is 0 Å². The van der Waals surface area contributed by atoms with Crippen molar-refractivity contribution in [2.24, 2.45) is 4.99 Å². The second-order valence-corrected chi connectivity index (χ2v) is 4.62. The van der Waals surface area contributed by atoms with Crippen LogP contribution in [0.1, 0.15) is 39.9 Å². The van der Waals surface area contributed by atoms with Gasteiger partial charge in [0.25, 0.3) is 6.02 Å². The average Bonchev–Trinajstić information content (AvgIpc) is 2.68. The van der Waals surface area contributed by atoms with Crippen molar-refractivity contribution in [1.82, 2.24) is 0 Å². The van der Waals surface area contributed by atoms with Crippen LogP contribution in [-0.4, -0.2) is 12.5 Å². The van der Waals surface area contributed by atoms with Crippen molar-refractivity contribution < 1.29 is 19.8 Å². The molecule has 1 heterocycles. The summed E-state index contributed by atoms with van der Waals surface area (Å²) < 4.78 is 92.8. The van der Waals surface area contributed by atoms with Crippen molar-refractivity contribution in [3.63, 3.8) is 0 Å². The van der Waals surface area contributed by atoms with Crippen LogP contribution in [0.25, 0.3) is 0 Å². The molecule has 1 atom stereocenters. The molecule has 1 N–H and O–H groups in total. The molecule has 2 aromatic carbocycles. The zero-order chi connectivity index (χ0) is 24.3. The first-order valence-electron chi connectivity index (χ1n) is 11.5. The van der Waals surface area contributed by atoms with E-state index in [-0.39, 0.29) is 16.8 Å². The van der Waals surface area contributed by atoms with E-state index in [4.69, 9.17) is 31.4 Å². The number of aliphatic imine (C=N–C) groups is 1. The van der Waals surface area contributed by atoms with Gasteiger partial charge in [0, 0.05) is 31.0 Å². The first-order valence-corrected chi connectivity index (χ1v) is 6.33.